The monoisotopic (exact) mass is 243 g/mol. The van der Waals surface area contributed by atoms with E-state index in [9.17, 15) is 0 Å². The number of aromatic nitrogens is 3. The highest BCUT2D eigenvalue weighted by atomic mass is 15.3. The molecule has 0 atom stereocenters. The fraction of sp³-hybridized carbons (Fsp3) is 0.385. The minimum Gasteiger partial charge on any atom is -0.399 e. The van der Waals surface area contributed by atoms with Gasteiger partial charge in [-0.15, -0.1) is 10.2 Å². The average Bonchev–Trinajstić information content (AvgIpc) is 2.98. The lowest BCUT2D eigenvalue weighted by Crippen LogP contribution is -2.06. The van der Waals surface area contributed by atoms with Crippen molar-refractivity contribution in [2.45, 2.75) is 31.7 Å². The molecule has 0 unspecified atom stereocenters. The second-order valence-corrected chi connectivity index (χ2v) is 4.89. The first-order valence-electron chi connectivity index (χ1n) is 6.30. The molecule has 1 aliphatic carbocycles. The lowest BCUT2D eigenvalue weighted by Gasteiger charge is -2.14. The summed E-state index contributed by atoms with van der Waals surface area (Å²) in [4.78, 5) is 0. The molecule has 3 rings (SSSR count). The zero-order valence-corrected chi connectivity index (χ0v) is 10.2. The van der Waals surface area contributed by atoms with E-state index in [0.717, 1.165) is 11.4 Å². The van der Waals surface area contributed by atoms with Crippen molar-refractivity contribution in [2.75, 3.05) is 11.5 Å². The molecule has 1 heterocycles. The Hall–Kier alpha value is -2.04. The Bertz CT molecular complexity index is 534. The highest BCUT2D eigenvalue weighted by Gasteiger charge is 2.20. The molecule has 5 heteroatoms. The standard InChI is InChI=1S/C13H17N5/c14-10-5-9(6-11(15)7-10)13-17-16-8-18(13)12-3-1-2-4-12/h5-8,12H,1-4,14-15H2. The van der Waals surface area contributed by atoms with E-state index in [-0.39, 0.29) is 0 Å². The maximum atomic E-state index is 5.83. The highest BCUT2D eigenvalue weighted by molar-refractivity contribution is 5.68. The molecule has 0 bridgehead atoms. The summed E-state index contributed by atoms with van der Waals surface area (Å²) in [7, 11) is 0. The fourth-order valence-electron chi connectivity index (χ4n) is 2.70. The summed E-state index contributed by atoms with van der Waals surface area (Å²) in [6.07, 6.45) is 6.76. The van der Waals surface area contributed by atoms with Crippen LogP contribution in [-0.2, 0) is 0 Å². The number of benzene rings is 1. The number of rotatable bonds is 2. The second-order valence-electron chi connectivity index (χ2n) is 4.89. The summed E-state index contributed by atoms with van der Waals surface area (Å²) in [5.41, 5.74) is 13.9. The quantitative estimate of drug-likeness (QED) is 0.792. The van der Waals surface area contributed by atoms with Gasteiger partial charge in [0.05, 0.1) is 0 Å². The van der Waals surface area contributed by atoms with Gasteiger partial charge in [0.25, 0.3) is 0 Å². The van der Waals surface area contributed by atoms with Crippen molar-refractivity contribution in [1.29, 1.82) is 0 Å². The van der Waals surface area contributed by atoms with Crippen molar-refractivity contribution in [3.63, 3.8) is 0 Å². The summed E-state index contributed by atoms with van der Waals surface area (Å²) in [5, 5.41) is 8.25. The number of hydrogen-bond acceptors (Lipinski definition) is 4. The number of nitrogens with two attached hydrogens (primary N) is 2. The molecule has 1 aromatic heterocycles. The zero-order valence-electron chi connectivity index (χ0n) is 10.2. The van der Waals surface area contributed by atoms with E-state index in [2.05, 4.69) is 14.8 Å². The third-order valence-electron chi connectivity index (χ3n) is 3.53. The SMILES string of the molecule is Nc1cc(N)cc(-c2nncn2C2CCCC2)c1. The van der Waals surface area contributed by atoms with Crippen LogP contribution in [0.15, 0.2) is 24.5 Å². The van der Waals surface area contributed by atoms with Crippen molar-refractivity contribution in [2.24, 2.45) is 0 Å². The normalized spacial score (nSPS) is 16.2. The van der Waals surface area contributed by atoms with Gasteiger partial charge in [0.15, 0.2) is 5.82 Å². The molecule has 0 saturated heterocycles. The minimum absolute atomic E-state index is 0.512. The fourth-order valence-corrected chi connectivity index (χ4v) is 2.70. The maximum Gasteiger partial charge on any atom is 0.164 e. The van der Waals surface area contributed by atoms with Crippen LogP contribution >= 0.6 is 0 Å². The lowest BCUT2D eigenvalue weighted by molar-refractivity contribution is 0.522. The number of hydrogen-bond donors (Lipinski definition) is 2. The second kappa shape index (κ2) is 4.33. The van der Waals surface area contributed by atoms with Gasteiger partial charge in [-0.3, -0.25) is 0 Å². The van der Waals surface area contributed by atoms with Gasteiger partial charge in [0.2, 0.25) is 0 Å². The molecule has 18 heavy (non-hydrogen) atoms. The predicted octanol–water partition coefficient (Wildman–Crippen LogP) is 2.22. The van der Waals surface area contributed by atoms with Crippen molar-refractivity contribution in [1.82, 2.24) is 14.8 Å². The Morgan fingerprint density at radius 3 is 2.39 bits per heavy atom. The van der Waals surface area contributed by atoms with E-state index >= 15 is 0 Å². The Balaban J connectivity index is 2.03. The van der Waals surface area contributed by atoms with Crippen LogP contribution in [-0.4, -0.2) is 14.8 Å². The molecule has 5 nitrogen and oxygen atoms in total. The maximum absolute atomic E-state index is 5.83. The van der Waals surface area contributed by atoms with E-state index in [1.54, 1.807) is 6.07 Å². The summed E-state index contributed by atoms with van der Waals surface area (Å²) >= 11 is 0. The summed E-state index contributed by atoms with van der Waals surface area (Å²) in [6, 6.07) is 6.05. The minimum atomic E-state index is 0.512. The van der Waals surface area contributed by atoms with E-state index < -0.39 is 0 Å². The number of nitrogens with zero attached hydrogens (tertiary/aromatic N) is 3. The smallest absolute Gasteiger partial charge is 0.164 e. The molecular weight excluding hydrogens is 226 g/mol. The number of anilines is 2. The average molecular weight is 243 g/mol. The van der Waals surface area contributed by atoms with Crippen LogP contribution in [0.2, 0.25) is 0 Å². The first-order valence-corrected chi connectivity index (χ1v) is 6.30. The van der Waals surface area contributed by atoms with Gasteiger partial charge < -0.3 is 16.0 Å². The topological polar surface area (TPSA) is 82.8 Å². The molecule has 1 fully saturated rings. The molecule has 0 spiro atoms. The zero-order chi connectivity index (χ0) is 12.5. The van der Waals surface area contributed by atoms with Crippen molar-refractivity contribution in [3.8, 4) is 11.4 Å². The molecule has 1 aromatic carbocycles. The number of nitrogen functional groups attached to an aromatic ring is 2. The third kappa shape index (κ3) is 1.92. The van der Waals surface area contributed by atoms with E-state index in [4.69, 9.17) is 11.5 Å². The molecule has 0 aliphatic heterocycles. The first-order chi connectivity index (χ1) is 8.74. The van der Waals surface area contributed by atoms with Crippen molar-refractivity contribution in [3.05, 3.63) is 24.5 Å². The predicted molar refractivity (Wildman–Crippen MR) is 71.8 cm³/mol. The van der Waals surface area contributed by atoms with Gasteiger partial charge in [0, 0.05) is 23.0 Å². The first kappa shape index (κ1) is 11.1. The van der Waals surface area contributed by atoms with E-state index in [1.165, 1.54) is 25.7 Å². The largest absolute Gasteiger partial charge is 0.399 e. The summed E-state index contributed by atoms with van der Waals surface area (Å²) in [6.45, 7) is 0. The molecule has 2 aromatic rings. The Kier molecular flexibility index (Phi) is 2.66. The van der Waals surface area contributed by atoms with E-state index in [1.807, 2.05) is 18.5 Å². The van der Waals surface area contributed by atoms with Crippen LogP contribution in [0.5, 0.6) is 0 Å². The van der Waals surface area contributed by atoms with Crippen LogP contribution in [0.3, 0.4) is 0 Å². The molecular formula is C13H17N5. The van der Waals surface area contributed by atoms with Gasteiger partial charge in [-0.25, -0.2) is 0 Å². The third-order valence-corrected chi connectivity index (χ3v) is 3.53. The highest BCUT2D eigenvalue weighted by Crippen LogP contribution is 2.33. The molecule has 0 radical (unpaired) electrons. The van der Waals surface area contributed by atoms with Crippen LogP contribution in [0.25, 0.3) is 11.4 Å². The summed E-state index contributed by atoms with van der Waals surface area (Å²) in [5.74, 6) is 0.862. The molecule has 0 amide bonds. The van der Waals surface area contributed by atoms with Crippen LogP contribution in [0.4, 0.5) is 11.4 Å². The Labute approximate surface area is 106 Å². The van der Waals surface area contributed by atoms with Gasteiger partial charge >= 0.3 is 0 Å². The van der Waals surface area contributed by atoms with Crippen molar-refractivity contribution >= 4 is 11.4 Å². The van der Waals surface area contributed by atoms with Gasteiger partial charge in [-0.1, -0.05) is 12.8 Å². The Morgan fingerprint density at radius 2 is 1.72 bits per heavy atom. The molecule has 1 saturated carbocycles. The van der Waals surface area contributed by atoms with Gasteiger partial charge in [-0.05, 0) is 31.0 Å². The molecule has 4 N–H and O–H groups in total. The van der Waals surface area contributed by atoms with Gasteiger partial charge in [0.1, 0.15) is 6.33 Å². The van der Waals surface area contributed by atoms with E-state index in [0.29, 0.717) is 17.4 Å². The Morgan fingerprint density at radius 1 is 1.06 bits per heavy atom. The molecule has 94 valence electrons. The van der Waals surface area contributed by atoms with Crippen molar-refractivity contribution < 1.29 is 0 Å². The van der Waals surface area contributed by atoms with Gasteiger partial charge in [-0.2, -0.15) is 0 Å². The molecule has 1 aliphatic rings. The van der Waals surface area contributed by atoms with Crippen LogP contribution < -0.4 is 11.5 Å². The van der Waals surface area contributed by atoms with Crippen LogP contribution in [0.1, 0.15) is 31.7 Å². The summed E-state index contributed by atoms with van der Waals surface area (Å²) < 4.78 is 2.15. The van der Waals surface area contributed by atoms with Crippen LogP contribution in [0, 0.1) is 0 Å². The lowest BCUT2D eigenvalue weighted by atomic mass is 10.1.